The number of methoxy groups -OCH3 is 1. The Labute approximate surface area is 110 Å². The van der Waals surface area contributed by atoms with Crippen LogP contribution in [0.5, 0.6) is 0 Å². The normalized spacial score (nSPS) is 13.4. The van der Waals surface area contributed by atoms with Crippen molar-refractivity contribution in [3.8, 4) is 0 Å². The number of sulfonamides is 1. The van der Waals surface area contributed by atoms with Crippen LogP contribution in [0.15, 0.2) is 9.42 Å². The van der Waals surface area contributed by atoms with E-state index in [1.165, 1.54) is 21.0 Å². The fraction of sp³-hybridized carbons (Fsp3) is 0.600. The molecule has 1 unspecified atom stereocenters. The molecule has 0 aromatic carbocycles. The lowest BCUT2D eigenvalue weighted by atomic mass is 10.2. The highest BCUT2D eigenvalue weighted by Gasteiger charge is 2.25. The number of aliphatic carboxylic acids is 1. The molecule has 1 aromatic heterocycles. The third-order valence-electron chi connectivity index (χ3n) is 2.47. The van der Waals surface area contributed by atoms with Crippen LogP contribution in [0, 0.1) is 13.8 Å². The number of aryl methyl sites for hydroxylation is 2. The first-order valence-electron chi connectivity index (χ1n) is 5.45. The van der Waals surface area contributed by atoms with Gasteiger partial charge in [-0.1, -0.05) is 5.16 Å². The highest BCUT2D eigenvalue weighted by Crippen LogP contribution is 2.18. The average Bonchev–Trinajstić information content (AvgIpc) is 2.64. The lowest BCUT2D eigenvalue weighted by molar-refractivity contribution is -0.139. The van der Waals surface area contributed by atoms with E-state index in [4.69, 9.17) is 14.4 Å². The summed E-state index contributed by atoms with van der Waals surface area (Å²) >= 11 is 0. The van der Waals surface area contributed by atoms with E-state index in [1.807, 2.05) is 0 Å². The summed E-state index contributed by atoms with van der Waals surface area (Å²) in [7, 11) is -2.48. The number of carboxylic acid groups (broad SMARTS) is 1. The van der Waals surface area contributed by atoms with Crippen molar-refractivity contribution in [2.45, 2.75) is 31.3 Å². The van der Waals surface area contributed by atoms with E-state index >= 15 is 0 Å². The number of carbonyl (C=O) groups is 1. The lowest BCUT2D eigenvalue weighted by Crippen LogP contribution is -2.34. The van der Waals surface area contributed by atoms with Gasteiger partial charge in [0, 0.05) is 13.7 Å². The zero-order valence-corrected chi connectivity index (χ0v) is 11.7. The summed E-state index contributed by atoms with van der Waals surface area (Å²) in [5, 5.41) is 12.2. The van der Waals surface area contributed by atoms with Crippen molar-refractivity contribution in [1.29, 1.82) is 0 Å². The molecule has 0 aliphatic heterocycles. The molecular formula is C10H16N2O6S. The van der Waals surface area contributed by atoms with Gasteiger partial charge in [-0.25, -0.2) is 13.1 Å². The van der Waals surface area contributed by atoms with Gasteiger partial charge in [-0.05, 0) is 13.8 Å². The Kier molecular flexibility index (Phi) is 5.04. The minimum absolute atomic E-state index is 0.0299. The third-order valence-corrected chi connectivity index (χ3v) is 4.14. The summed E-state index contributed by atoms with van der Waals surface area (Å²) < 4.78 is 36.0. The van der Waals surface area contributed by atoms with Gasteiger partial charge in [0.2, 0.25) is 10.0 Å². The first kappa shape index (κ1) is 15.6. The second kappa shape index (κ2) is 6.13. The molecule has 0 bridgehead atoms. The summed E-state index contributed by atoms with van der Waals surface area (Å²) in [5.41, 5.74) is 0.247. The maximum Gasteiger partial charge on any atom is 0.306 e. The molecule has 0 aliphatic rings. The van der Waals surface area contributed by atoms with Gasteiger partial charge < -0.3 is 14.4 Å². The largest absolute Gasteiger partial charge is 0.481 e. The Morgan fingerprint density at radius 1 is 1.53 bits per heavy atom. The van der Waals surface area contributed by atoms with Crippen LogP contribution in [0.25, 0.3) is 0 Å². The number of hydrogen-bond acceptors (Lipinski definition) is 6. The fourth-order valence-electron chi connectivity index (χ4n) is 1.57. The van der Waals surface area contributed by atoms with Crippen molar-refractivity contribution in [3.05, 3.63) is 11.5 Å². The number of ether oxygens (including phenoxy) is 1. The molecule has 19 heavy (non-hydrogen) atoms. The highest BCUT2D eigenvalue weighted by atomic mass is 32.2. The van der Waals surface area contributed by atoms with E-state index in [9.17, 15) is 13.2 Å². The van der Waals surface area contributed by atoms with Gasteiger partial charge in [-0.2, -0.15) is 0 Å². The first-order valence-corrected chi connectivity index (χ1v) is 6.93. The highest BCUT2D eigenvalue weighted by molar-refractivity contribution is 7.89. The van der Waals surface area contributed by atoms with Crippen molar-refractivity contribution >= 4 is 16.0 Å². The van der Waals surface area contributed by atoms with Crippen LogP contribution < -0.4 is 4.72 Å². The van der Waals surface area contributed by atoms with E-state index in [2.05, 4.69) is 9.88 Å². The molecule has 8 nitrogen and oxygen atoms in total. The Bertz CT molecular complexity index is 531. The number of hydrogen-bond donors (Lipinski definition) is 2. The molecule has 9 heteroatoms. The lowest BCUT2D eigenvalue weighted by Gasteiger charge is -2.13. The zero-order chi connectivity index (χ0) is 14.6. The van der Waals surface area contributed by atoms with Crippen molar-refractivity contribution in [2.24, 2.45) is 0 Å². The third kappa shape index (κ3) is 4.01. The van der Waals surface area contributed by atoms with Crippen LogP contribution in [-0.2, 0) is 19.6 Å². The molecule has 0 saturated heterocycles. The van der Waals surface area contributed by atoms with Gasteiger partial charge in [-0.3, -0.25) is 4.79 Å². The zero-order valence-electron chi connectivity index (χ0n) is 10.8. The number of carboxylic acids is 1. The molecule has 108 valence electrons. The van der Waals surface area contributed by atoms with Gasteiger partial charge >= 0.3 is 5.97 Å². The van der Waals surface area contributed by atoms with E-state index < -0.39 is 22.1 Å². The van der Waals surface area contributed by atoms with Gasteiger partial charge in [0.15, 0.2) is 5.76 Å². The van der Waals surface area contributed by atoms with Crippen molar-refractivity contribution in [1.82, 2.24) is 9.88 Å². The summed E-state index contributed by atoms with van der Waals surface area (Å²) in [6.07, 6.45) is -1.03. The molecule has 1 atom stereocenters. The van der Waals surface area contributed by atoms with Crippen LogP contribution in [-0.4, -0.2) is 44.4 Å². The second-order valence-corrected chi connectivity index (χ2v) is 5.66. The monoisotopic (exact) mass is 292 g/mol. The minimum atomic E-state index is -3.80. The van der Waals surface area contributed by atoms with Crippen molar-refractivity contribution < 1.29 is 27.6 Å². The van der Waals surface area contributed by atoms with E-state index in [-0.39, 0.29) is 29.3 Å². The number of nitrogens with one attached hydrogen (secondary N) is 1. The molecule has 0 amide bonds. The molecular weight excluding hydrogens is 276 g/mol. The van der Waals surface area contributed by atoms with Crippen LogP contribution in [0.3, 0.4) is 0 Å². The Hall–Kier alpha value is -1.45. The summed E-state index contributed by atoms with van der Waals surface area (Å²) in [6, 6.07) is 0. The molecule has 1 rings (SSSR count). The summed E-state index contributed by atoms with van der Waals surface area (Å²) in [4.78, 5) is 10.5. The van der Waals surface area contributed by atoms with Crippen LogP contribution in [0.2, 0.25) is 0 Å². The average molecular weight is 292 g/mol. The van der Waals surface area contributed by atoms with Gasteiger partial charge in [-0.15, -0.1) is 0 Å². The predicted molar refractivity (Wildman–Crippen MR) is 64.2 cm³/mol. The molecule has 0 spiro atoms. The topological polar surface area (TPSA) is 119 Å². The predicted octanol–water partition coefficient (Wildman–Crippen LogP) is 0.0594. The van der Waals surface area contributed by atoms with Crippen LogP contribution in [0.4, 0.5) is 0 Å². The summed E-state index contributed by atoms with van der Waals surface area (Å²) in [5.74, 6) is -0.888. The van der Waals surface area contributed by atoms with Crippen LogP contribution in [0.1, 0.15) is 17.9 Å². The Morgan fingerprint density at radius 3 is 2.58 bits per heavy atom. The minimum Gasteiger partial charge on any atom is -0.481 e. The van der Waals surface area contributed by atoms with Crippen molar-refractivity contribution in [3.63, 3.8) is 0 Å². The van der Waals surface area contributed by atoms with Gasteiger partial charge in [0.05, 0.1) is 12.5 Å². The fourth-order valence-corrected chi connectivity index (χ4v) is 2.96. The first-order chi connectivity index (χ1) is 8.77. The van der Waals surface area contributed by atoms with Crippen molar-refractivity contribution in [2.75, 3.05) is 13.7 Å². The maximum atomic E-state index is 12.0. The molecule has 0 aliphatic carbocycles. The smallest absolute Gasteiger partial charge is 0.306 e. The quantitative estimate of drug-likeness (QED) is 0.729. The summed E-state index contributed by atoms with van der Waals surface area (Å²) in [6.45, 7) is 2.85. The van der Waals surface area contributed by atoms with E-state index in [0.29, 0.717) is 0 Å². The molecule has 1 aromatic rings. The maximum absolute atomic E-state index is 12.0. The number of aromatic nitrogens is 1. The second-order valence-electron chi connectivity index (χ2n) is 3.96. The van der Waals surface area contributed by atoms with Gasteiger partial charge in [0.25, 0.3) is 0 Å². The Morgan fingerprint density at radius 2 is 2.16 bits per heavy atom. The van der Waals surface area contributed by atoms with E-state index in [0.717, 1.165) is 0 Å². The Balaban J connectivity index is 2.78. The molecule has 2 N–H and O–H groups in total. The standard InChI is InChI=1S/C10H16N2O6S/c1-6-10(7(2)18-12-6)19(15,16)11-5-8(17-3)4-9(13)14/h8,11H,4-5H2,1-3H3,(H,13,14). The molecule has 0 fully saturated rings. The van der Waals surface area contributed by atoms with E-state index in [1.54, 1.807) is 0 Å². The van der Waals surface area contributed by atoms with Crippen LogP contribution >= 0.6 is 0 Å². The number of rotatable bonds is 7. The molecule has 0 radical (unpaired) electrons. The number of nitrogens with zero attached hydrogens (tertiary/aromatic N) is 1. The molecule has 1 heterocycles. The SMILES string of the molecule is COC(CNS(=O)(=O)c1c(C)noc1C)CC(=O)O. The molecule has 0 saturated carbocycles. The van der Waals surface area contributed by atoms with Gasteiger partial charge in [0.1, 0.15) is 10.6 Å².